The number of esters is 1. The van der Waals surface area contributed by atoms with Crippen molar-refractivity contribution in [3.8, 4) is 17.2 Å². The molecule has 0 atom stereocenters. The van der Waals surface area contributed by atoms with Gasteiger partial charge < -0.3 is 19.5 Å². The molecule has 0 fully saturated rings. The van der Waals surface area contributed by atoms with Crippen molar-refractivity contribution >= 4 is 35.4 Å². The number of methoxy groups -OCH3 is 1. The summed E-state index contributed by atoms with van der Waals surface area (Å²) in [6.45, 7) is 2.12. The molecule has 0 radical (unpaired) electrons. The summed E-state index contributed by atoms with van der Waals surface area (Å²) in [6.07, 6.45) is 1.41. The number of hydrogen-bond donors (Lipinski definition) is 2. The molecule has 218 valence electrons. The van der Waals surface area contributed by atoms with Gasteiger partial charge in [0.2, 0.25) is 0 Å². The molecular weight excluding hydrogens is 556 g/mol. The Bertz CT molecular complexity index is 1650. The zero-order valence-corrected chi connectivity index (χ0v) is 23.1. The lowest BCUT2D eigenvalue weighted by molar-refractivity contribution is -0.384. The Kier molecular flexibility index (Phi) is 9.77. The molecule has 2 amide bonds. The van der Waals surface area contributed by atoms with Crippen molar-refractivity contribution in [2.45, 2.75) is 6.92 Å². The fourth-order valence-electron chi connectivity index (χ4n) is 3.72. The van der Waals surface area contributed by atoms with Gasteiger partial charge in [-0.15, -0.1) is 0 Å². The lowest BCUT2D eigenvalue weighted by Crippen LogP contribution is -2.18. The molecule has 0 aliphatic heterocycles. The van der Waals surface area contributed by atoms with Gasteiger partial charge in [0.1, 0.15) is 5.75 Å². The second kappa shape index (κ2) is 14.0. The fraction of sp³-hybridized carbons (Fsp3) is 0.0968. The van der Waals surface area contributed by atoms with Crippen LogP contribution in [0.1, 0.15) is 43.6 Å². The molecule has 0 spiro atoms. The van der Waals surface area contributed by atoms with Gasteiger partial charge in [-0.25, -0.2) is 10.2 Å². The number of anilines is 1. The number of ether oxygens (including phenoxy) is 3. The Labute approximate surface area is 246 Å². The second-order valence-electron chi connectivity index (χ2n) is 8.79. The van der Waals surface area contributed by atoms with Crippen molar-refractivity contribution in [3.05, 3.63) is 123 Å². The number of nitro groups is 1. The zero-order valence-electron chi connectivity index (χ0n) is 23.1. The van der Waals surface area contributed by atoms with Gasteiger partial charge in [0.15, 0.2) is 11.5 Å². The molecule has 12 heteroatoms. The van der Waals surface area contributed by atoms with E-state index in [9.17, 15) is 24.5 Å². The van der Waals surface area contributed by atoms with E-state index in [0.29, 0.717) is 40.5 Å². The minimum absolute atomic E-state index is 0.118. The van der Waals surface area contributed by atoms with Crippen LogP contribution in [0.5, 0.6) is 17.2 Å². The third kappa shape index (κ3) is 8.01. The van der Waals surface area contributed by atoms with Crippen LogP contribution in [-0.2, 0) is 0 Å². The van der Waals surface area contributed by atoms with Gasteiger partial charge in [0.05, 0.1) is 30.4 Å². The summed E-state index contributed by atoms with van der Waals surface area (Å²) in [5, 5.41) is 17.4. The van der Waals surface area contributed by atoms with E-state index in [2.05, 4.69) is 15.8 Å². The van der Waals surface area contributed by atoms with E-state index < -0.39 is 22.7 Å². The van der Waals surface area contributed by atoms with Crippen LogP contribution in [0.15, 0.2) is 96.1 Å². The normalized spacial score (nSPS) is 10.6. The number of hydrogen-bond acceptors (Lipinski definition) is 9. The first-order chi connectivity index (χ1) is 20.8. The minimum atomic E-state index is -0.561. The molecule has 4 aromatic carbocycles. The van der Waals surface area contributed by atoms with E-state index in [-0.39, 0.29) is 17.0 Å². The van der Waals surface area contributed by atoms with Gasteiger partial charge in [-0.2, -0.15) is 5.10 Å². The van der Waals surface area contributed by atoms with Crippen LogP contribution in [0.25, 0.3) is 0 Å². The van der Waals surface area contributed by atoms with E-state index >= 15 is 0 Å². The second-order valence-corrected chi connectivity index (χ2v) is 8.79. The summed E-state index contributed by atoms with van der Waals surface area (Å²) in [5.74, 6) is -0.335. The molecule has 0 aliphatic carbocycles. The largest absolute Gasteiger partial charge is 0.497 e. The topological polar surface area (TPSA) is 158 Å². The highest BCUT2D eigenvalue weighted by Gasteiger charge is 2.14. The molecule has 43 heavy (non-hydrogen) atoms. The number of rotatable bonds is 11. The van der Waals surface area contributed by atoms with Crippen molar-refractivity contribution in [1.29, 1.82) is 0 Å². The van der Waals surface area contributed by atoms with Crippen LogP contribution < -0.4 is 25.0 Å². The molecule has 2 N–H and O–H groups in total. The molecule has 4 rings (SSSR count). The number of non-ortho nitro benzene ring substituents is 1. The van der Waals surface area contributed by atoms with Crippen LogP contribution in [0.2, 0.25) is 0 Å². The first kappa shape index (κ1) is 29.9. The Morgan fingerprint density at radius 2 is 1.47 bits per heavy atom. The Morgan fingerprint density at radius 3 is 2.09 bits per heavy atom. The monoisotopic (exact) mass is 582 g/mol. The van der Waals surface area contributed by atoms with Gasteiger partial charge in [-0.1, -0.05) is 0 Å². The van der Waals surface area contributed by atoms with Crippen LogP contribution in [-0.4, -0.2) is 42.6 Å². The Hall–Kier alpha value is -6.04. The van der Waals surface area contributed by atoms with Gasteiger partial charge in [0, 0.05) is 28.9 Å². The Balaban J connectivity index is 1.34. The number of nitrogens with one attached hydrogen (secondary N) is 2. The Morgan fingerprint density at radius 1 is 0.837 bits per heavy atom. The third-order valence-electron chi connectivity index (χ3n) is 5.92. The van der Waals surface area contributed by atoms with Crippen molar-refractivity contribution in [2.24, 2.45) is 5.10 Å². The summed E-state index contributed by atoms with van der Waals surface area (Å²) < 4.78 is 16.2. The van der Waals surface area contributed by atoms with Gasteiger partial charge in [-0.3, -0.25) is 19.7 Å². The molecule has 0 aliphatic rings. The standard InChI is InChI=1S/C31H26N4O8/c1-3-42-28-18-20(4-17-27(28)43-31(38)23-9-15-26(41-2)16-10-23)19-32-34-30(37)22-5-11-24(12-6-22)33-29(36)21-7-13-25(14-8-21)35(39)40/h4-19H,3H2,1-2H3,(H,33,36)(H,34,37)/b32-19-. The maximum atomic E-state index is 12.6. The van der Waals surface area contributed by atoms with Gasteiger partial charge in [-0.05, 0) is 91.3 Å². The van der Waals surface area contributed by atoms with Crippen molar-refractivity contribution in [2.75, 3.05) is 19.0 Å². The lowest BCUT2D eigenvalue weighted by atomic mass is 10.1. The number of nitrogens with zero attached hydrogens (tertiary/aromatic N) is 2. The fourth-order valence-corrected chi connectivity index (χ4v) is 3.72. The van der Waals surface area contributed by atoms with Crippen molar-refractivity contribution in [3.63, 3.8) is 0 Å². The number of nitro benzene ring substituents is 1. The van der Waals surface area contributed by atoms with Crippen molar-refractivity contribution in [1.82, 2.24) is 5.43 Å². The molecular formula is C31H26N4O8. The van der Waals surface area contributed by atoms with Crippen LogP contribution >= 0.6 is 0 Å². The summed E-state index contributed by atoms with van der Waals surface area (Å²) in [7, 11) is 1.53. The highest BCUT2D eigenvalue weighted by atomic mass is 16.6. The van der Waals surface area contributed by atoms with Crippen molar-refractivity contribution < 1.29 is 33.5 Å². The molecule has 4 aromatic rings. The SMILES string of the molecule is CCOc1cc(/C=N\NC(=O)c2ccc(NC(=O)c3ccc([N+](=O)[O-])cc3)cc2)ccc1OC(=O)c1ccc(OC)cc1. The molecule has 0 bridgehead atoms. The first-order valence-electron chi connectivity index (χ1n) is 12.9. The van der Waals surface area contributed by atoms with Crippen LogP contribution in [0.3, 0.4) is 0 Å². The van der Waals surface area contributed by atoms with E-state index in [1.165, 1.54) is 49.7 Å². The zero-order chi connectivity index (χ0) is 30.8. The highest BCUT2D eigenvalue weighted by molar-refractivity contribution is 6.04. The maximum absolute atomic E-state index is 12.6. The van der Waals surface area contributed by atoms with E-state index in [1.54, 1.807) is 61.5 Å². The quantitative estimate of drug-likeness (QED) is 0.0799. The molecule has 0 heterocycles. The van der Waals surface area contributed by atoms with Crippen LogP contribution in [0.4, 0.5) is 11.4 Å². The molecule has 12 nitrogen and oxygen atoms in total. The molecule has 0 saturated carbocycles. The summed E-state index contributed by atoms with van der Waals surface area (Å²) >= 11 is 0. The predicted molar refractivity (Wildman–Crippen MR) is 158 cm³/mol. The average molecular weight is 583 g/mol. The average Bonchev–Trinajstić information content (AvgIpc) is 3.02. The van der Waals surface area contributed by atoms with E-state index in [0.717, 1.165) is 0 Å². The lowest BCUT2D eigenvalue weighted by Gasteiger charge is -2.11. The highest BCUT2D eigenvalue weighted by Crippen LogP contribution is 2.29. The summed E-state index contributed by atoms with van der Waals surface area (Å²) in [5.41, 5.74) is 4.21. The number of amides is 2. The smallest absolute Gasteiger partial charge is 0.343 e. The number of carbonyl (C=O) groups is 3. The maximum Gasteiger partial charge on any atom is 0.343 e. The molecule has 0 aromatic heterocycles. The number of hydrazone groups is 1. The minimum Gasteiger partial charge on any atom is -0.497 e. The van der Waals surface area contributed by atoms with Crippen LogP contribution in [0, 0.1) is 10.1 Å². The van der Waals surface area contributed by atoms with E-state index in [1.807, 2.05) is 0 Å². The predicted octanol–water partition coefficient (Wildman–Crippen LogP) is 5.24. The van der Waals surface area contributed by atoms with Gasteiger partial charge >= 0.3 is 5.97 Å². The summed E-state index contributed by atoms with van der Waals surface area (Å²) in [4.78, 5) is 47.7. The van der Waals surface area contributed by atoms with E-state index in [4.69, 9.17) is 14.2 Å². The first-order valence-corrected chi connectivity index (χ1v) is 12.9. The molecule has 0 saturated heterocycles. The number of benzene rings is 4. The summed E-state index contributed by atoms with van der Waals surface area (Å²) in [6, 6.07) is 22.6. The third-order valence-corrected chi connectivity index (χ3v) is 5.92. The van der Waals surface area contributed by atoms with Gasteiger partial charge in [0.25, 0.3) is 17.5 Å². The number of carbonyl (C=O) groups excluding carboxylic acids is 3. The molecule has 0 unspecified atom stereocenters.